The molecule has 0 saturated carbocycles. The van der Waals surface area contributed by atoms with Crippen molar-refractivity contribution in [2.24, 2.45) is 0 Å². The number of para-hydroxylation sites is 2. The summed E-state index contributed by atoms with van der Waals surface area (Å²) in [5, 5.41) is 20.4. The third-order valence-electron chi connectivity index (χ3n) is 7.58. The van der Waals surface area contributed by atoms with Gasteiger partial charge in [0.1, 0.15) is 6.07 Å². The molecule has 182 valence electrons. The minimum Gasteiger partial charge on any atom is -0.309 e. The first-order chi connectivity index (χ1) is 19.3. The Balaban J connectivity index is 1.37. The largest absolute Gasteiger partial charge is 0.309 e. The van der Waals surface area contributed by atoms with Gasteiger partial charge in [0.25, 0.3) is 0 Å². The van der Waals surface area contributed by atoms with Crippen molar-refractivity contribution >= 4 is 34.0 Å². The highest BCUT2D eigenvalue weighted by molar-refractivity contribution is 6.18. The lowest BCUT2D eigenvalue weighted by Gasteiger charge is -2.27. The lowest BCUT2D eigenvalue weighted by atomic mass is 9.94. The number of fused-ring (bicyclic) bond motifs is 3. The fourth-order valence-electron chi connectivity index (χ4n) is 5.83. The molecule has 6 aromatic rings. The van der Waals surface area contributed by atoms with E-state index in [0.29, 0.717) is 5.56 Å². The smallest absolute Gasteiger partial charge is 0.101 e. The van der Waals surface area contributed by atoms with Gasteiger partial charge < -0.3 is 10.3 Å². The molecule has 0 heterocycles. The zero-order valence-corrected chi connectivity index (χ0v) is 21.1. The van der Waals surface area contributed by atoms with Gasteiger partial charge >= 0.3 is 0 Å². The molecule has 7 rings (SSSR count). The number of rotatable bonds is 5. The third-order valence-corrected chi connectivity index (χ3v) is 7.58. The van der Waals surface area contributed by atoms with Crippen molar-refractivity contribution in [2.45, 2.75) is 0 Å². The van der Waals surface area contributed by atoms with Crippen molar-refractivity contribution in [3.63, 3.8) is 0 Å². The number of hydrogen-bond donors (Lipinski definition) is 1. The molecule has 0 amide bonds. The van der Waals surface area contributed by atoms with Gasteiger partial charge in [0, 0.05) is 17.5 Å². The van der Waals surface area contributed by atoms with E-state index in [9.17, 15) is 5.26 Å². The van der Waals surface area contributed by atoms with E-state index in [1.165, 1.54) is 44.8 Å². The van der Waals surface area contributed by atoms with E-state index in [1.54, 1.807) is 0 Å². The van der Waals surface area contributed by atoms with Gasteiger partial charge in [-0.25, -0.2) is 0 Å². The maximum Gasteiger partial charge on any atom is 0.101 e. The van der Waals surface area contributed by atoms with Gasteiger partial charge in [0.05, 0.1) is 16.9 Å². The Morgan fingerprint density at radius 1 is 0.564 bits per heavy atom. The van der Waals surface area contributed by atoms with Crippen LogP contribution in [0.15, 0.2) is 127 Å². The van der Waals surface area contributed by atoms with E-state index in [1.807, 2.05) is 48.5 Å². The SMILES string of the molecule is N#Cc1ccccc1N(c1ccc(-c2ccc3c4c(cccc24)-c2ccccc2-3)cc1)c1ccccc1C=N. The van der Waals surface area contributed by atoms with Gasteiger partial charge in [0.15, 0.2) is 0 Å². The van der Waals surface area contributed by atoms with Gasteiger partial charge in [-0.3, -0.25) is 0 Å². The van der Waals surface area contributed by atoms with Crippen LogP contribution < -0.4 is 4.90 Å². The standard InChI is InChI=1S/C36H23N3/c37-22-25-8-1-5-14-34(25)39(35-15-6-2-9-26(35)23-38)27-18-16-24(17-19-27)28-20-21-33-30-11-4-3-10-29(30)32-13-7-12-31(28)36(32)33/h1-22,37H. The minimum atomic E-state index is 0.577. The topological polar surface area (TPSA) is 50.9 Å². The zero-order chi connectivity index (χ0) is 26.3. The number of benzene rings is 6. The average Bonchev–Trinajstić information content (AvgIpc) is 3.34. The third kappa shape index (κ3) is 3.54. The highest BCUT2D eigenvalue weighted by Crippen LogP contribution is 2.49. The van der Waals surface area contributed by atoms with E-state index >= 15 is 0 Å². The summed E-state index contributed by atoms with van der Waals surface area (Å²) in [7, 11) is 0. The summed E-state index contributed by atoms with van der Waals surface area (Å²) in [4.78, 5) is 2.06. The zero-order valence-electron chi connectivity index (χ0n) is 21.1. The second-order valence-corrected chi connectivity index (χ2v) is 9.65. The maximum atomic E-state index is 9.87. The highest BCUT2D eigenvalue weighted by Gasteiger charge is 2.23. The Hall–Kier alpha value is -5.46. The van der Waals surface area contributed by atoms with Crippen LogP contribution in [0, 0.1) is 16.7 Å². The highest BCUT2D eigenvalue weighted by atomic mass is 15.1. The molecule has 0 spiro atoms. The molecule has 1 aliphatic rings. The number of nitrogens with one attached hydrogen (secondary N) is 1. The van der Waals surface area contributed by atoms with Crippen LogP contribution in [-0.4, -0.2) is 6.21 Å². The van der Waals surface area contributed by atoms with Gasteiger partial charge in [-0.1, -0.05) is 97.1 Å². The molecule has 3 nitrogen and oxygen atoms in total. The molecular formula is C36H23N3. The molecule has 6 aromatic carbocycles. The summed E-state index contributed by atoms with van der Waals surface area (Å²) in [6, 6.07) is 45.9. The van der Waals surface area contributed by atoms with E-state index in [2.05, 4.69) is 89.8 Å². The summed E-state index contributed by atoms with van der Waals surface area (Å²) in [6.45, 7) is 0. The summed E-state index contributed by atoms with van der Waals surface area (Å²) in [5.74, 6) is 0. The average molecular weight is 498 g/mol. The molecule has 0 unspecified atom stereocenters. The second kappa shape index (κ2) is 9.13. The van der Waals surface area contributed by atoms with Crippen molar-refractivity contribution in [2.75, 3.05) is 4.90 Å². The van der Waals surface area contributed by atoms with Crippen molar-refractivity contribution in [3.8, 4) is 39.4 Å². The summed E-state index contributed by atoms with van der Waals surface area (Å²) in [5.41, 5.74) is 11.4. The minimum absolute atomic E-state index is 0.577. The lowest BCUT2D eigenvalue weighted by Crippen LogP contribution is -2.13. The van der Waals surface area contributed by atoms with Crippen LogP contribution in [0.5, 0.6) is 0 Å². The van der Waals surface area contributed by atoms with Crippen LogP contribution in [-0.2, 0) is 0 Å². The van der Waals surface area contributed by atoms with E-state index in [-0.39, 0.29) is 0 Å². The van der Waals surface area contributed by atoms with Gasteiger partial charge in [-0.2, -0.15) is 5.26 Å². The Morgan fingerprint density at radius 2 is 1.18 bits per heavy atom. The van der Waals surface area contributed by atoms with E-state index < -0.39 is 0 Å². The molecule has 39 heavy (non-hydrogen) atoms. The molecule has 0 radical (unpaired) electrons. The molecule has 0 aliphatic heterocycles. The van der Waals surface area contributed by atoms with Crippen molar-refractivity contribution in [3.05, 3.63) is 139 Å². The van der Waals surface area contributed by atoms with Crippen molar-refractivity contribution < 1.29 is 0 Å². The normalized spacial score (nSPS) is 11.2. The van der Waals surface area contributed by atoms with Crippen LogP contribution in [0.2, 0.25) is 0 Å². The second-order valence-electron chi connectivity index (χ2n) is 9.65. The summed E-state index contributed by atoms with van der Waals surface area (Å²) >= 11 is 0. The van der Waals surface area contributed by atoms with Gasteiger partial charge in [0.2, 0.25) is 0 Å². The van der Waals surface area contributed by atoms with E-state index in [4.69, 9.17) is 5.41 Å². The molecular weight excluding hydrogens is 474 g/mol. The van der Waals surface area contributed by atoms with Crippen molar-refractivity contribution in [1.82, 2.24) is 0 Å². The first-order valence-electron chi connectivity index (χ1n) is 12.9. The fourth-order valence-corrected chi connectivity index (χ4v) is 5.83. The van der Waals surface area contributed by atoms with Crippen molar-refractivity contribution in [1.29, 1.82) is 10.7 Å². The van der Waals surface area contributed by atoms with Crippen LogP contribution in [0.25, 0.3) is 44.2 Å². The van der Waals surface area contributed by atoms with Gasteiger partial charge in [-0.05, 0) is 74.5 Å². The van der Waals surface area contributed by atoms with E-state index in [0.717, 1.165) is 28.2 Å². The number of nitriles is 1. The Kier molecular flexibility index (Phi) is 5.32. The lowest BCUT2D eigenvalue weighted by molar-refractivity contribution is 1.26. The van der Waals surface area contributed by atoms with Crippen LogP contribution in [0.4, 0.5) is 17.1 Å². The fraction of sp³-hybridized carbons (Fsp3) is 0. The molecule has 1 aliphatic carbocycles. The van der Waals surface area contributed by atoms with Crippen LogP contribution >= 0.6 is 0 Å². The van der Waals surface area contributed by atoms with Crippen LogP contribution in [0.1, 0.15) is 11.1 Å². The Bertz CT molecular complexity index is 1910. The van der Waals surface area contributed by atoms with Crippen LogP contribution in [0.3, 0.4) is 0 Å². The quantitative estimate of drug-likeness (QED) is 0.241. The molecule has 0 saturated heterocycles. The molecule has 3 heteroatoms. The Labute approximate surface area is 227 Å². The monoisotopic (exact) mass is 497 g/mol. The summed E-state index contributed by atoms with van der Waals surface area (Å²) in [6.07, 6.45) is 1.36. The first kappa shape index (κ1) is 22.7. The molecule has 0 fully saturated rings. The molecule has 0 atom stereocenters. The maximum absolute atomic E-state index is 9.87. The first-order valence-corrected chi connectivity index (χ1v) is 12.9. The number of nitrogens with zero attached hydrogens (tertiary/aromatic N) is 2. The molecule has 1 N–H and O–H groups in total. The molecule has 0 aromatic heterocycles. The Morgan fingerprint density at radius 3 is 1.92 bits per heavy atom. The predicted molar refractivity (Wildman–Crippen MR) is 161 cm³/mol. The summed E-state index contributed by atoms with van der Waals surface area (Å²) < 4.78 is 0. The number of hydrogen-bond acceptors (Lipinski definition) is 3. The number of anilines is 3. The predicted octanol–water partition coefficient (Wildman–Crippen LogP) is 9.49. The molecule has 0 bridgehead atoms. The van der Waals surface area contributed by atoms with Gasteiger partial charge in [-0.15, -0.1) is 0 Å².